The Morgan fingerprint density at radius 2 is 1.64 bits per heavy atom. The van der Waals surface area contributed by atoms with Gasteiger partial charge in [-0.15, -0.1) is 10.2 Å². The lowest BCUT2D eigenvalue weighted by Gasteiger charge is -2.06. The number of benzene rings is 2. The van der Waals surface area contributed by atoms with Crippen LogP contribution >= 0.6 is 0 Å². The standard InChI is InChI=1S/C16H13F2N3O/c17-12-7-4-8-13(18)15(12)19-10-9-14-20-21-16(22-14)11-5-2-1-3-6-11/h1-8,19H,9-10H2. The molecule has 22 heavy (non-hydrogen) atoms. The van der Waals surface area contributed by atoms with E-state index in [-0.39, 0.29) is 12.2 Å². The summed E-state index contributed by atoms with van der Waals surface area (Å²) in [5.74, 6) is -0.429. The molecule has 0 bridgehead atoms. The quantitative estimate of drug-likeness (QED) is 0.781. The van der Waals surface area contributed by atoms with Crippen LogP contribution < -0.4 is 5.32 Å². The fourth-order valence-electron chi connectivity index (χ4n) is 2.01. The number of nitrogens with zero attached hydrogens (tertiary/aromatic N) is 2. The first-order valence-electron chi connectivity index (χ1n) is 6.80. The molecule has 112 valence electrons. The molecule has 4 nitrogen and oxygen atoms in total. The van der Waals surface area contributed by atoms with E-state index in [4.69, 9.17) is 4.42 Å². The molecule has 0 atom stereocenters. The number of rotatable bonds is 5. The Kier molecular flexibility index (Phi) is 4.09. The Balaban J connectivity index is 1.62. The number of aromatic nitrogens is 2. The topological polar surface area (TPSA) is 51.0 Å². The van der Waals surface area contributed by atoms with E-state index < -0.39 is 11.6 Å². The highest BCUT2D eigenvalue weighted by Gasteiger charge is 2.10. The van der Waals surface area contributed by atoms with Gasteiger partial charge in [-0.05, 0) is 24.3 Å². The van der Waals surface area contributed by atoms with Crippen LogP contribution in [-0.2, 0) is 6.42 Å². The second kappa shape index (κ2) is 6.34. The van der Waals surface area contributed by atoms with Crippen molar-refractivity contribution < 1.29 is 13.2 Å². The average molecular weight is 301 g/mol. The maximum atomic E-state index is 13.4. The van der Waals surface area contributed by atoms with Crippen molar-refractivity contribution in [2.45, 2.75) is 6.42 Å². The molecule has 6 heteroatoms. The second-order valence-corrected chi connectivity index (χ2v) is 4.64. The Morgan fingerprint density at radius 3 is 2.36 bits per heavy atom. The molecular weight excluding hydrogens is 288 g/mol. The molecule has 1 N–H and O–H groups in total. The molecule has 0 unspecified atom stereocenters. The van der Waals surface area contributed by atoms with Gasteiger partial charge in [0.2, 0.25) is 11.8 Å². The largest absolute Gasteiger partial charge is 0.421 e. The zero-order valence-electron chi connectivity index (χ0n) is 11.6. The Bertz CT molecular complexity index is 739. The summed E-state index contributed by atoms with van der Waals surface area (Å²) < 4.78 is 32.4. The smallest absolute Gasteiger partial charge is 0.247 e. The molecule has 0 saturated carbocycles. The lowest BCUT2D eigenvalue weighted by molar-refractivity contribution is 0.508. The molecule has 1 aromatic heterocycles. The summed E-state index contributed by atoms with van der Waals surface area (Å²) in [6, 6.07) is 13.1. The summed E-state index contributed by atoms with van der Waals surface area (Å²) in [7, 11) is 0. The van der Waals surface area contributed by atoms with E-state index in [0.29, 0.717) is 18.2 Å². The van der Waals surface area contributed by atoms with Gasteiger partial charge >= 0.3 is 0 Å². The van der Waals surface area contributed by atoms with Crippen molar-refractivity contribution in [3.63, 3.8) is 0 Å². The maximum Gasteiger partial charge on any atom is 0.247 e. The van der Waals surface area contributed by atoms with E-state index in [9.17, 15) is 8.78 Å². The summed E-state index contributed by atoms with van der Waals surface area (Å²) in [6.45, 7) is 0.286. The number of anilines is 1. The monoisotopic (exact) mass is 301 g/mol. The van der Waals surface area contributed by atoms with E-state index >= 15 is 0 Å². The molecule has 0 amide bonds. The van der Waals surface area contributed by atoms with Crippen LogP contribution in [0, 0.1) is 11.6 Å². The molecule has 1 heterocycles. The normalized spacial score (nSPS) is 10.6. The van der Waals surface area contributed by atoms with Crippen molar-refractivity contribution in [2.24, 2.45) is 0 Å². The minimum absolute atomic E-state index is 0.148. The number of nitrogens with one attached hydrogen (secondary N) is 1. The number of halogens is 2. The lowest BCUT2D eigenvalue weighted by Crippen LogP contribution is -2.08. The molecular formula is C16H13F2N3O. The van der Waals surface area contributed by atoms with Crippen molar-refractivity contribution in [1.82, 2.24) is 10.2 Å². The SMILES string of the molecule is Fc1cccc(F)c1NCCc1nnc(-c2ccccc2)o1. The highest BCUT2D eigenvalue weighted by atomic mass is 19.1. The summed E-state index contributed by atoms with van der Waals surface area (Å²) in [5, 5.41) is 10.6. The van der Waals surface area contributed by atoms with Crippen LogP contribution in [0.3, 0.4) is 0 Å². The molecule has 3 rings (SSSR count). The first kappa shape index (κ1) is 14.2. The maximum absolute atomic E-state index is 13.4. The average Bonchev–Trinajstić information content (AvgIpc) is 3.00. The van der Waals surface area contributed by atoms with Gasteiger partial charge < -0.3 is 9.73 Å². The van der Waals surface area contributed by atoms with Gasteiger partial charge in [0.15, 0.2) is 0 Å². The minimum Gasteiger partial charge on any atom is -0.421 e. The zero-order chi connectivity index (χ0) is 15.4. The number of hydrogen-bond donors (Lipinski definition) is 1. The molecule has 0 aliphatic carbocycles. The van der Waals surface area contributed by atoms with Crippen molar-refractivity contribution in [2.75, 3.05) is 11.9 Å². The van der Waals surface area contributed by atoms with Gasteiger partial charge in [-0.1, -0.05) is 24.3 Å². The van der Waals surface area contributed by atoms with Crippen molar-refractivity contribution in [3.05, 3.63) is 66.1 Å². The molecule has 0 spiro atoms. The van der Waals surface area contributed by atoms with E-state index in [1.807, 2.05) is 30.3 Å². The third-order valence-corrected chi connectivity index (χ3v) is 3.09. The van der Waals surface area contributed by atoms with E-state index in [2.05, 4.69) is 15.5 Å². The van der Waals surface area contributed by atoms with Crippen LogP contribution in [0.4, 0.5) is 14.5 Å². The van der Waals surface area contributed by atoms with Gasteiger partial charge in [0.1, 0.15) is 17.3 Å². The second-order valence-electron chi connectivity index (χ2n) is 4.64. The van der Waals surface area contributed by atoms with Crippen molar-refractivity contribution in [3.8, 4) is 11.5 Å². The van der Waals surface area contributed by atoms with Crippen LogP contribution in [0.2, 0.25) is 0 Å². The van der Waals surface area contributed by atoms with Crippen LogP contribution in [0.1, 0.15) is 5.89 Å². The highest BCUT2D eigenvalue weighted by molar-refractivity contribution is 5.51. The van der Waals surface area contributed by atoms with E-state index in [0.717, 1.165) is 5.56 Å². The lowest BCUT2D eigenvalue weighted by atomic mass is 10.2. The Hall–Kier alpha value is -2.76. The first-order chi connectivity index (χ1) is 10.7. The van der Waals surface area contributed by atoms with Crippen LogP contribution in [-0.4, -0.2) is 16.7 Å². The molecule has 0 saturated heterocycles. The van der Waals surface area contributed by atoms with Crippen LogP contribution in [0.15, 0.2) is 52.9 Å². The first-order valence-corrected chi connectivity index (χ1v) is 6.80. The minimum atomic E-state index is -0.629. The summed E-state index contributed by atoms with van der Waals surface area (Å²) in [5.41, 5.74) is 0.680. The number of hydrogen-bond acceptors (Lipinski definition) is 4. The van der Waals surface area contributed by atoms with Crippen molar-refractivity contribution >= 4 is 5.69 Å². The summed E-state index contributed by atoms with van der Waals surface area (Å²) in [4.78, 5) is 0. The summed E-state index contributed by atoms with van der Waals surface area (Å²) >= 11 is 0. The van der Waals surface area contributed by atoms with Gasteiger partial charge in [-0.2, -0.15) is 0 Å². The predicted molar refractivity (Wildman–Crippen MR) is 78.3 cm³/mol. The van der Waals surface area contributed by atoms with Gasteiger partial charge in [-0.25, -0.2) is 8.78 Å². The van der Waals surface area contributed by atoms with Crippen LogP contribution in [0.5, 0.6) is 0 Å². The molecule has 0 radical (unpaired) electrons. The number of para-hydroxylation sites is 1. The predicted octanol–water partition coefficient (Wildman–Crippen LogP) is 3.67. The Labute approximate surface area is 125 Å². The molecule has 0 aliphatic heterocycles. The fraction of sp³-hybridized carbons (Fsp3) is 0.125. The van der Waals surface area contributed by atoms with Gasteiger partial charge in [0.25, 0.3) is 0 Å². The fourth-order valence-corrected chi connectivity index (χ4v) is 2.01. The Morgan fingerprint density at radius 1 is 0.909 bits per heavy atom. The molecule has 3 aromatic rings. The van der Waals surface area contributed by atoms with Crippen LogP contribution in [0.25, 0.3) is 11.5 Å². The molecule has 2 aromatic carbocycles. The van der Waals surface area contributed by atoms with Crippen molar-refractivity contribution in [1.29, 1.82) is 0 Å². The molecule has 0 aliphatic rings. The third-order valence-electron chi connectivity index (χ3n) is 3.09. The zero-order valence-corrected chi connectivity index (χ0v) is 11.6. The third kappa shape index (κ3) is 3.11. The van der Waals surface area contributed by atoms with E-state index in [1.54, 1.807) is 0 Å². The highest BCUT2D eigenvalue weighted by Crippen LogP contribution is 2.19. The van der Waals surface area contributed by atoms with E-state index in [1.165, 1.54) is 18.2 Å². The van der Waals surface area contributed by atoms with Gasteiger partial charge in [0, 0.05) is 18.5 Å². The van der Waals surface area contributed by atoms with Gasteiger partial charge in [-0.3, -0.25) is 0 Å². The summed E-state index contributed by atoms with van der Waals surface area (Å²) in [6.07, 6.45) is 0.369. The molecule has 0 fully saturated rings. The van der Waals surface area contributed by atoms with Gasteiger partial charge in [0.05, 0.1) is 0 Å².